The highest BCUT2D eigenvalue weighted by Gasteiger charge is 2.16. The van der Waals surface area contributed by atoms with Crippen molar-refractivity contribution in [2.75, 3.05) is 0 Å². The van der Waals surface area contributed by atoms with E-state index in [-0.39, 0.29) is 0 Å². The Kier molecular flexibility index (Phi) is 8.42. The van der Waals surface area contributed by atoms with Crippen LogP contribution < -0.4 is 0 Å². The fourth-order valence-electron chi connectivity index (χ4n) is 7.77. The van der Waals surface area contributed by atoms with Gasteiger partial charge in [-0.25, -0.2) is 0 Å². The van der Waals surface area contributed by atoms with E-state index in [4.69, 9.17) is 0 Å². The minimum atomic E-state index is 1.15. The van der Waals surface area contributed by atoms with Crippen LogP contribution in [0.25, 0.3) is 88.4 Å². The zero-order valence-electron chi connectivity index (χ0n) is 30.1. The molecular formula is C51H40N2. The molecular weight excluding hydrogens is 641 g/mol. The van der Waals surface area contributed by atoms with Crippen LogP contribution in [-0.4, -0.2) is 9.13 Å². The molecule has 2 aromatic heterocycles. The molecule has 2 nitrogen and oxygen atoms in total. The van der Waals surface area contributed by atoms with Crippen molar-refractivity contribution in [3.05, 3.63) is 194 Å². The lowest BCUT2D eigenvalue weighted by molar-refractivity contribution is 1.09. The number of fused-ring (bicyclic) bond motifs is 6. The zero-order chi connectivity index (χ0) is 35.7. The molecule has 0 atom stereocenters. The number of rotatable bonds is 5. The summed E-state index contributed by atoms with van der Waals surface area (Å²) >= 11 is 0. The van der Waals surface area contributed by atoms with Crippen LogP contribution in [0.3, 0.4) is 0 Å². The lowest BCUT2D eigenvalue weighted by Crippen LogP contribution is -1.96. The average molecular weight is 681 g/mol. The topological polar surface area (TPSA) is 9.86 Å². The van der Waals surface area contributed by atoms with Gasteiger partial charge in [0, 0.05) is 32.9 Å². The van der Waals surface area contributed by atoms with Gasteiger partial charge < -0.3 is 9.13 Å². The predicted octanol–water partition coefficient (Wildman–Crippen LogP) is 14.3. The van der Waals surface area contributed by atoms with Crippen molar-refractivity contribution in [1.82, 2.24) is 9.13 Å². The van der Waals surface area contributed by atoms with Crippen LogP contribution in [0.1, 0.15) is 20.3 Å². The van der Waals surface area contributed by atoms with Crippen LogP contribution in [0.2, 0.25) is 0 Å². The van der Waals surface area contributed by atoms with Crippen molar-refractivity contribution < 1.29 is 0 Å². The van der Waals surface area contributed by atoms with Gasteiger partial charge in [-0.05, 0) is 94.0 Å². The SMILES string of the molecule is CCC.c1ccc(-c2ccc3c(c2)c2ccccc2n3-c2cccc(-c3cccc(-n4c5ccccc5c5cc(-c6ccccc6)ccc54)c3)c2)cc1. The molecule has 0 aliphatic heterocycles. The molecule has 0 saturated carbocycles. The quantitative estimate of drug-likeness (QED) is 0.171. The van der Waals surface area contributed by atoms with Crippen LogP contribution in [0.5, 0.6) is 0 Å². The van der Waals surface area contributed by atoms with Crippen LogP contribution in [0, 0.1) is 0 Å². The zero-order valence-corrected chi connectivity index (χ0v) is 30.1. The molecule has 0 saturated heterocycles. The molecule has 0 amide bonds. The van der Waals surface area contributed by atoms with Gasteiger partial charge >= 0.3 is 0 Å². The van der Waals surface area contributed by atoms with Crippen LogP contribution in [-0.2, 0) is 0 Å². The second kappa shape index (κ2) is 13.8. The van der Waals surface area contributed by atoms with Gasteiger partial charge in [-0.15, -0.1) is 0 Å². The Bertz CT molecular complexity index is 2680. The Morgan fingerprint density at radius 1 is 0.283 bits per heavy atom. The van der Waals surface area contributed by atoms with Gasteiger partial charge in [0.25, 0.3) is 0 Å². The van der Waals surface area contributed by atoms with E-state index in [2.05, 4.69) is 217 Å². The van der Waals surface area contributed by atoms with Crippen LogP contribution in [0.15, 0.2) is 194 Å². The van der Waals surface area contributed by atoms with E-state index in [0.717, 1.165) is 11.4 Å². The molecule has 2 heterocycles. The van der Waals surface area contributed by atoms with E-state index in [9.17, 15) is 0 Å². The molecule has 0 spiro atoms. The summed E-state index contributed by atoms with van der Waals surface area (Å²) in [4.78, 5) is 0. The molecule has 0 unspecified atom stereocenters. The summed E-state index contributed by atoms with van der Waals surface area (Å²) in [5.74, 6) is 0. The highest BCUT2D eigenvalue weighted by atomic mass is 15.0. The smallest absolute Gasteiger partial charge is 0.0541 e. The number of para-hydroxylation sites is 2. The third kappa shape index (κ3) is 5.79. The molecule has 2 heteroatoms. The maximum atomic E-state index is 2.41. The minimum absolute atomic E-state index is 1.15. The summed E-state index contributed by atoms with van der Waals surface area (Å²) in [5, 5.41) is 5.04. The van der Waals surface area contributed by atoms with Crippen molar-refractivity contribution in [2.24, 2.45) is 0 Å². The van der Waals surface area contributed by atoms with Gasteiger partial charge in [0.15, 0.2) is 0 Å². The minimum Gasteiger partial charge on any atom is -0.309 e. The Balaban J connectivity index is 0.00000120. The molecule has 0 radical (unpaired) electrons. The van der Waals surface area contributed by atoms with Crippen molar-refractivity contribution in [3.8, 4) is 44.8 Å². The normalized spacial score (nSPS) is 11.3. The first-order valence-corrected chi connectivity index (χ1v) is 18.6. The van der Waals surface area contributed by atoms with Gasteiger partial charge in [-0.2, -0.15) is 0 Å². The standard InChI is InChI=1S/C48H32N2.C3H8/c1-3-13-33(14-4-1)37-25-27-47-43(31-37)41-21-7-9-23-45(41)49(47)39-19-11-17-35(29-39)36-18-12-20-40(30-36)50-46-24-10-8-22-42(46)44-32-38(26-28-48(44)50)34-15-5-2-6-16-34;1-3-2/h1-32H;3H2,1-2H3. The molecule has 10 aromatic rings. The fourth-order valence-corrected chi connectivity index (χ4v) is 7.77. The number of nitrogens with zero attached hydrogens (tertiary/aromatic N) is 2. The van der Waals surface area contributed by atoms with Gasteiger partial charge in [0.05, 0.1) is 22.1 Å². The number of hydrogen-bond donors (Lipinski definition) is 0. The summed E-state index contributed by atoms with van der Waals surface area (Å²) in [5.41, 5.74) is 14.4. The Labute approximate surface area is 310 Å². The van der Waals surface area contributed by atoms with E-state index >= 15 is 0 Å². The summed E-state index contributed by atoms with van der Waals surface area (Å²) in [6, 6.07) is 70.4. The van der Waals surface area contributed by atoms with Gasteiger partial charge in [0.1, 0.15) is 0 Å². The van der Waals surface area contributed by atoms with E-state index in [0.29, 0.717) is 0 Å². The third-order valence-electron chi connectivity index (χ3n) is 10.1. The number of benzene rings is 8. The van der Waals surface area contributed by atoms with Crippen molar-refractivity contribution in [1.29, 1.82) is 0 Å². The van der Waals surface area contributed by atoms with Crippen molar-refractivity contribution >= 4 is 43.6 Å². The van der Waals surface area contributed by atoms with Crippen molar-refractivity contribution in [2.45, 2.75) is 20.3 Å². The van der Waals surface area contributed by atoms with Gasteiger partial charge in [-0.1, -0.05) is 154 Å². The molecule has 0 N–H and O–H groups in total. The summed E-state index contributed by atoms with van der Waals surface area (Å²) < 4.78 is 4.81. The first kappa shape index (κ1) is 32.3. The van der Waals surface area contributed by atoms with Crippen LogP contribution in [0.4, 0.5) is 0 Å². The van der Waals surface area contributed by atoms with Crippen LogP contribution >= 0.6 is 0 Å². The second-order valence-corrected chi connectivity index (χ2v) is 13.7. The van der Waals surface area contributed by atoms with E-state index in [1.165, 1.54) is 83.4 Å². The van der Waals surface area contributed by atoms with Gasteiger partial charge in [0.2, 0.25) is 0 Å². The summed E-state index contributed by atoms with van der Waals surface area (Å²) in [6.07, 6.45) is 1.25. The number of hydrogen-bond acceptors (Lipinski definition) is 0. The Morgan fingerprint density at radius 2 is 0.623 bits per heavy atom. The Hall–Kier alpha value is -6.64. The summed E-state index contributed by atoms with van der Waals surface area (Å²) in [7, 11) is 0. The monoisotopic (exact) mass is 680 g/mol. The largest absolute Gasteiger partial charge is 0.309 e. The lowest BCUT2D eigenvalue weighted by Gasteiger charge is -2.13. The lowest BCUT2D eigenvalue weighted by atomic mass is 10.0. The Morgan fingerprint density at radius 3 is 1.06 bits per heavy atom. The maximum absolute atomic E-state index is 2.41. The number of aromatic nitrogens is 2. The van der Waals surface area contributed by atoms with E-state index in [1.54, 1.807) is 0 Å². The predicted molar refractivity (Wildman–Crippen MR) is 227 cm³/mol. The first-order valence-electron chi connectivity index (χ1n) is 18.6. The molecule has 0 fully saturated rings. The molecule has 254 valence electrons. The second-order valence-electron chi connectivity index (χ2n) is 13.7. The first-order chi connectivity index (χ1) is 26.2. The molecule has 0 aliphatic rings. The van der Waals surface area contributed by atoms with Crippen molar-refractivity contribution in [3.63, 3.8) is 0 Å². The van der Waals surface area contributed by atoms with Gasteiger partial charge in [-0.3, -0.25) is 0 Å². The third-order valence-corrected chi connectivity index (χ3v) is 10.1. The van der Waals surface area contributed by atoms with E-state index in [1.807, 2.05) is 0 Å². The molecule has 10 rings (SSSR count). The highest BCUT2D eigenvalue weighted by molar-refractivity contribution is 6.11. The molecule has 53 heavy (non-hydrogen) atoms. The highest BCUT2D eigenvalue weighted by Crippen LogP contribution is 2.38. The molecule has 0 bridgehead atoms. The summed E-state index contributed by atoms with van der Waals surface area (Å²) in [6.45, 7) is 4.25. The average Bonchev–Trinajstić information content (AvgIpc) is 3.74. The maximum Gasteiger partial charge on any atom is 0.0541 e. The fraction of sp³-hybridized carbons (Fsp3) is 0.0588. The molecule has 0 aliphatic carbocycles. The van der Waals surface area contributed by atoms with E-state index < -0.39 is 0 Å². The molecule has 8 aromatic carbocycles.